The molecule has 1 aromatic carbocycles. The Morgan fingerprint density at radius 2 is 1.88 bits per heavy atom. The van der Waals surface area contributed by atoms with Gasteiger partial charge in [0.05, 0.1) is 5.54 Å². The highest BCUT2D eigenvalue weighted by Crippen LogP contribution is 2.25. The summed E-state index contributed by atoms with van der Waals surface area (Å²) in [6, 6.07) is 9.09. The molecule has 0 saturated carbocycles. The Morgan fingerprint density at radius 1 is 1.24 bits per heavy atom. The van der Waals surface area contributed by atoms with Gasteiger partial charge < -0.3 is 10.2 Å². The van der Waals surface area contributed by atoms with Crippen molar-refractivity contribution in [1.82, 2.24) is 10.2 Å². The van der Waals surface area contributed by atoms with Crippen LogP contribution in [0, 0.1) is 0 Å². The fraction of sp³-hybridized carbons (Fsp3) is 0.600. The maximum absolute atomic E-state index is 3.65. The Bertz CT molecular complexity index is 369. The van der Waals surface area contributed by atoms with Crippen LogP contribution >= 0.6 is 0 Å². The Morgan fingerprint density at radius 3 is 2.41 bits per heavy atom. The van der Waals surface area contributed by atoms with Gasteiger partial charge in [-0.3, -0.25) is 0 Å². The lowest BCUT2D eigenvalue weighted by Gasteiger charge is -2.40. The molecule has 17 heavy (non-hydrogen) atoms. The molecular formula is C15H24N2. The molecule has 1 saturated heterocycles. The van der Waals surface area contributed by atoms with Crippen LogP contribution in [0.4, 0.5) is 0 Å². The second kappa shape index (κ2) is 4.79. The molecule has 1 fully saturated rings. The van der Waals surface area contributed by atoms with Crippen molar-refractivity contribution in [3.63, 3.8) is 0 Å². The highest BCUT2D eigenvalue weighted by Gasteiger charge is 2.30. The molecule has 1 heterocycles. The van der Waals surface area contributed by atoms with E-state index in [4.69, 9.17) is 0 Å². The first kappa shape index (κ1) is 12.6. The van der Waals surface area contributed by atoms with Crippen LogP contribution in [0.5, 0.6) is 0 Å². The predicted octanol–water partition coefficient (Wildman–Crippen LogP) is 2.56. The zero-order chi connectivity index (χ0) is 12.5. The summed E-state index contributed by atoms with van der Waals surface area (Å²) in [6.07, 6.45) is 0. The van der Waals surface area contributed by atoms with Crippen molar-refractivity contribution >= 4 is 0 Å². The summed E-state index contributed by atoms with van der Waals surface area (Å²) < 4.78 is 0. The van der Waals surface area contributed by atoms with Crippen molar-refractivity contribution in [2.45, 2.75) is 32.2 Å². The third kappa shape index (κ3) is 2.70. The van der Waals surface area contributed by atoms with Gasteiger partial charge >= 0.3 is 0 Å². The minimum atomic E-state index is 0.0997. The SMILES string of the molecule is CC(C)c1ccc(C2(C)CN(C)CCN2)cc1. The quantitative estimate of drug-likeness (QED) is 0.843. The molecule has 0 amide bonds. The van der Waals surface area contributed by atoms with Crippen molar-refractivity contribution < 1.29 is 0 Å². The highest BCUT2D eigenvalue weighted by atomic mass is 15.2. The van der Waals surface area contributed by atoms with E-state index in [-0.39, 0.29) is 5.54 Å². The average molecular weight is 232 g/mol. The maximum Gasteiger partial charge on any atom is 0.0535 e. The second-order valence-electron chi connectivity index (χ2n) is 5.77. The van der Waals surface area contributed by atoms with Gasteiger partial charge in [-0.1, -0.05) is 38.1 Å². The third-order valence-corrected chi connectivity index (χ3v) is 3.81. The molecule has 2 heteroatoms. The third-order valence-electron chi connectivity index (χ3n) is 3.81. The Hall–Kier alpha value is -0.860. The van der Waals surface area contributed by atoms with Crippen LogP contribution in [-0.4, -0.2) is 31.6 Å². The smallest absolute Gasteiger partial charge is 0.0535 e. The van der Waals surface area contributed by atoms with Crippen LogP contribution in [-0.2, 0) is 5.54 Å². The van der Waals surface area contributed by atoms with Crippen LogP contribution < -0.4 is 5.32 Å². The fourth-order valence-electron chi connectivity index (χ4n) is 2.63. The van der Waals surface area contributed by atoms with Crippen molar-refractivity contribution in [3.05, 3.63) is 35.4 Å². The van der Waals surface area contributed by atoms with Crippen molar-refractivity contribution in [1.29, 1.82) is 0 Å². The summed E-state index contributed by atoms with van der Waals surface area (Å²) in [6.45, 7) is 10.1. The van der Waals surface area contributed by atoms with E-state index in [1.54, 1.807) is 0 Å². The van der Waals surface area contributed by atoms with E-state index in [0.29, 0.717) is 5.92 Å². The standard InChI is InChI=1S/C15H24N2/c1-12(2)13-5-7-14(8-6-13)15(3)11-17(4)10-9-16-15/h5-8,12,16H,9-11H2,1-4H3. The van der Waals surface area contributed by atoms with Crippen LogP contribution in [0.2, 0.25) is 0 Å². The maximum atomic E-state index is 3.65. The van der Waals surface area contributed by atoms with Gasteiger partial charge in [0.25, 0.3) is 0 Å². The van der Waals surface area contributed by atoms with E-state index in [2.05, 4.69) is 62.3 Å². The molecule has 94 valence electrons. The summed E-state index contributed by atoms with van der Waals surface area (Å²) >= 11 is 0. The van der Waals surface area contributed by atoms with E-state index in [1.807, 2.05) is 0 Å². The largest absolute Gasteiger partial charge is 0.305 e. The lowest BCUT2D eigenvalue weighted by molar-refractivity contribution is 0.171. The lowest BCUT2D eigenvalue weighted by atomic mass is 9.88. The fourth-order valence-corrected chi connectivity index (χ4v) is 2.63. The van der Waals surface area contributed by atoms with E-state index in [1.165, 1.54) is 11.1 Å². The summed E-state index contributed by atoms with van der Waals surface area (Å²) in [5.74, 6) is 0.610. The van der Waals surface area contributed by atoms with Crippen LogP contribution in [0.15, 0.2) is 24.3 Å². The molecule has 1 N–H and O–H groups in total. The van der Waals surface area contributed by atoms with E-state index in [0.717, 1.165) is 19.6 Å². The first-order valence-electron chi connectivity index (χ1n) is 6.55. The Kier molecular flexibility index (Phi) is 3.55. The van der Waals surface area contributed by atoms with Crippen LogP contribution in [0.3, 0.4) is 0 Å². The number of nitrogens with one attached hydrogen (secondary N) is 1. The van der Waals surface area contributed by atoms with Gasteiger partial charge in [0.1, 0.15) is 0 Å². The molecule has 0 spiro atoms. The van der Waals surface area contributed by atoms with Crippen molar-refractivity contribution in [2.24, 2.45) is 0 Å². The monoisotopic (exact) mass is 232 g/mol. The molecule has 1 aliphatic heterocycles. The number of piperazine rings is 1. The zero-order valence-electron chi connectivity index (χ0n) is 11.5. The second-order valence-corrected chi connectivity index (χ2v) is 5.77. The minimum absolute atomic E-state index is 0.0997. The Balaban J connectivity index is 2.21. The average Bonchev–Trinajstić information content (AvgIpc) is 2.29. The number of nitrogens with zero attached hydrogens (tertiary/aromatic N) is 1. The van der Waals surface area contributed by atoms with Crippen molar-refractivity contribution in [3.8, 4) is 0 Å². The normalized spacial score (nSPS) is 26.4. The highest BCUT2D eigenvalue weighted by molar-refractivity contribution is 5.30. The molecule has 1 atom stereocenters. The summed E-state index contributed by atoms with van der Waals surface area (Å²) in [4.78, 5) is 2.40. The van der Waals surface area contributed by atoms with Gasteiger partial charge in [0.15, 0.2) is 0 Å². The molecule has 2 rings (SSSR count). The molecule has 1 unspecified atom stereocenters. The topological polar surface area (TPSA) is 15.3 Å². The van der Waals surface area contributed by atoms with E-state index >= 15 is 0 Å². The predicted molar refractivity (Wildman–Crippen MR) is 73.4 cm³/mol. The molecular weight excluding hydrogens is 208 g/mol. The van der Waals surface area contributed by atoms with E-state index in [9.17, 15) is 0 Å². The first-order chi connectivity index (χ1) is 8.01. The molecule has 0 aromatic heterocycles. The summed E-state index contributed by atoms with van der Waals surface area (Å²) in [5, 5.41) is 3.65. The van der Waals surface area contributed by atoms with Crippen LogP contribution in [0.1, 0.15) is 37.8 Å². The first-order valence-corrected chi connectivity index (χ1v) is 6.55. The van der Waals surface area contributed by atoms with Gasteiger partial charge in [-0.15, -0.1) is 0 Å². The number of hydrogen-bond acceptors (Lipinski definition) is 2. The van der Waals surface area contributed by atoms with Gasteiger partial charge in [-0.25, -0.2) is 0 Å². The minimum Gasteiger partial charge on any atom is -0.305 e. The molecule has 0 aliphatic carbocycles. The number of likely N-dealkylation sites (N-methyl/N-ethyl adjacent to an activating group) is 1. The molecule has 0 radical (unpaired) electrons. The molecule has 0 bridgehead atoms. The zero-order valence-corrected chi connectivity index (χ0v) is 11.5. The van der Waals surface area contributed by atoms with Gasteiger partial charge in [0.2, 0.25) is 0 Å². The van der Waals surface area contributed by atoms with Crippen molar-refractivity contribution in [2.75, 3.05) is 26.7 Å². The van der Waals surface area contributed by atoms with E-state index < -0.39 is 0 Å². The summed E-state index contributed by atoms with van der Waals surface area (Å²) in [5.41, 5.74) is 2.91. The van der Waals surface area contributed by atoms with Gasteiger partial charge in [0, 0.05) is 19.6 Å². The molecule has 1 aliphatic rings. The molecule has 2 nitrogen and oxygen atoms in total. The van der Waals surface area contributed by atoms with Gasteiger partial charge in [-0.2, -0.15) is 0 Å². The number of rotatable bonds is 2. The van der Waals surface area contributed by atoms with Crippen LogP contribution in [0.25, 0.3) is 0 Å². The van der Waals surface area contributed by atoms with Gasteiger partial charge in [-0.05, 0) is 31.0 Å². The Labute approximate surface area is 105 Å². The molecule has 1 aromatic rings. The lowest BCUT2D eigenvalue weighted by Crippen LogP contribution is -2.55. The number of hydrogen-bond donors (Lipinski definition) is 1. The summed E-state index contributed by atoms with van der Waals surface area (Å²) in [7, 11) is 2.20. The number of benzene rings is 1.